The van der Waals surface area contributed by atoms with E-state index < -0.39 is 0 Å². The zero-order chi connectivity index (χ0) is 14.5. The third-order valence-electron chi connectivity index (χ3n) is 3.64. The second-order valence-electron chi connectivity index (χ2n) is 5.59. The number of guanidine groups is 1. The Labute approximate surface area is 148 Å². The normalized spacial score (nSPS) is 16.6. The Morgan fingerprint density at radius 3 is 2.67 bits per heavy atom. The van der Waals surface area contributed by atoms with E-state index in [1.54, 1.807) is 11.3 Å². The predicted molar refractivity (Wildman–Crippen MR) is 102 cm³/mol. The first kappa shape index (κ1) is 18.5. The highest BCUT2D eigenvalue weighted by atomic mass is 127. The first-order chi connectivity index (χ1) is 9.60. The summed E-state index contributed by atoms with van der Waals surface area (Å²) in [4.78, 5) is 13.4. The van der Waals surface area contributed by atoms with Gasteiger partial charge in [0.1, 0.15) is 0 Å². The van der Waals surface area contributed by atoms with Crippen LogP contribution in [0.5, 0.6) is 0 Å². The van der Waals surface area contributed by atoms with E-state index >= 15 is 0 Å². The van der Waals surface area contributed by atoms with Gasteiger partial charge in [-0.3, -0.25) is 4.99 Å². The molecule has 5 nitrogen and oxygen atoms in total. The quantitative estimate of drug-likeness (QED) is 0.461. The summed E-state index contributed by atoms with van der Waals surface area (Å²) < 4.78 is 0. The summed E-state index contributed by atoms with van der Waals surface area (Å²) in [6.07, 6.45) is 2.50. The fourth-order valence-corrected chi connectivity index (χ4v) is 3.06. The molecule has 0 unspecified atom stereocenters. The summed E-state index contributed by atoms with van der Waals surface area (Å²) in [6, 6.07) is 0. The van der Waals surface area contributed by atoms with Gasteiger partial charge in [-0.05, 0) is 18.8 Å². The predicted octanol–water partition coefficient (Wildman–Crippen LogP) is 2.63. The van der Waals surface area contributed by atoms with Crippen molar-refractivity contribution < 1.29 is 0 Å². The molecule has 0 aromatic carbocycles. The van der Waals surface area contributed by atoms with E-state index in [1.165, 1.54) is 12.8 Å². The van der Waals surface area contributed by atoms with Gasteiger partial charge in [0.15, 0.2) is 11.1 Å². The smallest absolute Gasteiger partial charge is 0.193 e. The summed E-state index contributed by atoms with van der Waals surface area (Å²) in [5, 5.41) is 6.57. The fraction of sp³-hybridized carbons (Fsp3) is 0.714. The maximum atomic E-state index is 4.58. The standard InChI is InChI=1S/C14H25N5S.HI/c1-11-5-7-19(8-6-11)13(15-2)16-9-12-10-20-14(17-12)18(3)4;/h10-11H,5-9H2,1-4H3,(H,15,16);1H. The SMILES string of the molecule is CN=C(NCc1csc(N(C)C)n1)N1CCC(C)CC1.I. The first-order valence-corrected chi connectivity index (χ1v) is 8.05. The van der Waals surface area contributed by atoms with Crippen molar-refractivity contribution in [2.24, 2.45) is 10.9 Å². The molecule has 120 valence electrons. The van der Waals surface area contributed by atoms with Gasteiger partial charge in [-0.25, -0.2) is 4.98 Å². The molecule has 1 N–H and O–H groups in total. The van der Waals surface area contributed by atoms with Crippen molar-refractivity contribution >= 4 is 46.4 Å². The number of anilines is 1. The molecule has 7 heteroatoms. The number of hydrogen-bond acceptors (Lipinski definition) is 4. The Balaban J connectivity index is 0.00000220. The molecule has 1 aliphatic heterocycles. The van der Waals surface area contributed by atoms with Gasteiger partial charge in [0, 0.05) is 39.6 Å². The number of aliphatic imine (C=N–C) groups is 1. The van der Waals surface area contributed by atoms with Crippen molar-refractivity contribution in [3.63, 3.8) is 0 Å². The largest absolute Gasteiger partial charge is 0.354 e. The maximum Gasteiger partial charge on any atom is 0.193 e. The van der Waals surface area contributed by atoms with Gasteiger partial charge >= 0.3 is 0 Å². The highest BCUT2D eigenvalue weighted by molar-refractivity contribution is 14.0. The van der Waals surface area contributed by atoms with Crippen molar-refractivity contribution in [1.82, 2.24) is 15.2 Å². The molecule has 1 aromatic rings. The van der Waals surface area contributed by atoms with Crippen molar-refractivity contribution in [2.75, 3.05) is 39.1 Å². The fourth-order valence-electron chi connectivity index (χ4n) is 2.31. The minimum Gasteiger partial charge on any atom is -0.354 e. The Hall–Kier alpha value is -0.570. The monoisotopic (exact) mass is 423 g/mol. The summed E-state index contributed by atoms with van der Waals surface area (Å²) in [7, 11) is 5.89. The third-order valence-corrected chi connectivity index (χ3v) is 4.70. The van der Waals surface area contributed by atoms with Crippen LogP contribution in [0.25, 0.3) is 0 Å². The molecule has 0 amide bonds. The number of thiazole rings is 1. The molecule has 21 heavy (non-hydrogen) atoms. The third kappa shape index (κ3) is 5.28. The van der Waals surface area contributed by atoms with Gasteiger partial charge in [-0.15, -0.1) is 35.3 Å². The number of piperidine rings is 1. The molecule has 0 spiro atoms. The number of rotatable bonds is 3. The molecular formula is C14H26IN5S. The maximum absolute atomic E-state index is 4.58. The number of nitrogens with one attached hydrogen (secondary N) is 1. The molecular weight excluding hydrogens is 397 g/mol. The molecule has 0 bridgehead atoms. The summed E-state index contributed by atoms with van der Waals surface area (Å²) in [6.45, 7) is 5.26. The molecule has 0 atom stereocenters. The lowest BCUT2D eigenvalue weighted by molar-refractivity contribution is 0.273. The Kier molecular flexibility index (Phi) is 7.72. The van der Waals surface area contributed by atoms with Gasteiger partial charge in [-0.2, -0.15) is 0 Å². The van der Waals surface area contributed by atoms with Crippen LogP contribution in [0.3, 0.4) is 0 Å². The van der Waals surface area contributed by atoms with Gasteiger partial charge in [-0.1, -0.05) is 6.92 Å². The summed E-state index contributed by atoms with van der Waals surface area (Å²) in [5.41, 5.74) is 1.07. The molecule has 1 aliphatic rings. The van der Waals surface area contributed by atoms with Crippen LogP contribution in [0.2, 0.25) is 0 Å². The van der Waals surface area contributed by atoms with Gasteiger partial charge < -0.3 is 15.1 Å². The van der Waals surface area contributed by atoms with Crippen molar-refractivity contribution in [3.8, 4) is 0 Å². The van der Waals surface area contributed by atoms with Gasteiger partial charge in [0.05, 0.1) is 12.2 Å². The lowest BCUT2D eigenvalue weighted by Crippen LogP contribution is -2.45. The van der Waals surface area contributed by atoms with Crippen LogP contribution in [0, 0.1) is 5.92 Å². The minimum absolute atomic E-state index is 0. The average molecular weight is 423 g/mol. The van der Waals surface area contributed by atoms with E-state index in [0.29, 0.717) is 0 Å². The molecule has 2 rings (SSSR count). The Morgan fingerprint density at radius 1 is 1.48 bits per heavy atom. The lowest BCUT2D eigenvalue weighted by Gasteiger charge is -2.32. The summed E-state index contributed by atoms with van der Waals surface area (Å²) in [5.74, 6) is 1.84. The van der Waals surface area contributed by atoms with Crippen molar-refractivity contribution in [1.29, 1.82) is 0 Å². The molecule has 2 heterocycles. The number of nitrogens with zero attached hydrogens (tertiary/aromatic N) is 4. The van der Waals surface area contributed by atoms with Crippen LogP contribution in [0.15, 0.2) is 10.4 Å². The molecule has 1 fully saturated rings. The number of likely N-dealkylation sites (tertiary alicyclic amines) is 1. The van der Waals surface area contributed by atoms with Crippen LogP contribution in [-0.4, -0.2) is 50.1 Å². The van der Waals surface area contributed by atoms with Gasteiger partial charge in [0.25, 0.3) is 0 Å². The highest BCUT2D eigenvalue weighted by Crippen LogP contribution is 2.18. The average Bonchev–Trinajstić information content (AvgIpc) is 2.90. The zero-order valence-corrected chi connectivity index (χ0v) is 16.4. The molecule has 0 saturated carbocycles. The van der Waals surface area contributed by atoms with Crippen LogP contribution in [-0.2, 0) is 6.54 Å². The second-order valence-corrected chi connectivity index (χ2v) is 6.42. The zero-order valence-electron chi connectivity index (χ0n) is 13.3. The first-order valence-electron chi connectivity index (χ1n) is 7.17. The van der Waals surface area contributed by atoms with Crippen LogP contribution in [0.4, 0.5) is 5.13 Å². The van der Waals surface area contributed by atoms with Gasteiger partial charge in [0.2, 0.25) is 0 Å². The Bertz CT molecular complexity index is 452. The summed E-state index contributed by atoms with van der Waals surface area (Å²) >= 11 is 1.67. The minimum atomic E-state index is 0. The van der Waals surface area contributed by atoms with E-state index in [2.05, 4.69) is 32.5 Å². The molecule has 1 saturated heterocycles. The van der Waals surface area contributed by atoms with E-state index in [0.717, 1.165) is 42.3 Å². The van der Waals surface area contributed by atoms with E-state index in [1.807, 2.05) is 26.0 Å². The highest BCUT2D eigenvalue weighted by Gasteiger charge is 2.18. The molecule has 1 aromatic heterocycles. The molecule has 0 radical (unpaired) electrons. The second kappa shape index (κ2) is 8.77. The van der Waals surface area contributed by atoms with E-state index in [-0.39, 0.29) is 24.0 Å². The van der Waals surface area contributed by atoms with Crippen molar-refractivity contribution in [2.45, 2.75) is 26.3 Å². The van der Waals surface area contributed by atoms with E-state index in [4.69, 9.17) is 0 Å². The molecule has 0 aliphatic carbocycles. The Morgan fingerprint density at radius 2 is 2.14 bits per heavy atom. The topological polar surface area (TPSA) is 43.8 Å². The van der Waals surface area contributed by atoms with Crippen molar-refractivity contribution in [3.05, 3.63) is 11.1 Å². The van der Waals surface area contributed by atoms with Crippen LogP contribution < -0.4 is 10.2 Å². The lowest BCUT2D eigenvalue weighted by atomic mass is 10.00. The van der Waals surface area contributed by atoms with E-state index in [9.17, 15) is 0 Å². The number of aromatic nitrogens is 1. The number of halogens is 1. The van der Waals surface area contributed by atoms with Crippen LogP contribution in [0.1, 0.15) is 25.5 Å². The number of hydrogen-bond donors (Lipinski definition) is 1. The van der Waals surface area contributed by atoms with Crippen LogP contribution >= 0.6 is 35.3 Å².